The molecule has 0 amide bonds. The fourth-order valence-electron chi connectivity index (χ4n) is 4.05. The molecule has 1 saturated heterocycles. The van der Waals surface area contributed by atoms with Crippen LogP contribution in [0.4, 0.5) is 16.0 Å². The standard InChI is InChI=1S/C25H26FN5O2/c1-27-21-9-6-18(14-20(21)26)23-22(17-4-7-19(33-3)8-5-17)24(32)31(2)25(30-23)29-15-16-10-12-28-13-11-16/h4-9,14,16,28H,10-13,15H2,2-3H3,(H,29,30). The maximum Gasteiger partial charge on any atom is 0.263 e. The van der Waals surface area contributed by atoms with Gasteiger partial charge >= 0.3 is 0 Å². The molecule has 1 aliphatic heterocycles. The topological polar surface area (TPSA) is 72.5 Å². The normalized spacial score (nSPS) is 14.0. The molecule has 7 nitrogen and oxygen atoms in total. The Kier molecular flexibility index (Phi) is 6.71. The molecule has 2 heterocycles. The van der Waals surface area contributed by atoms with Gasteiger partial charge < -0.3 is 15.4 Å². The largest absolute Gasteiger partial charge is 0.497 e. The quantitative estimate of drug-likeness (QED) is 0.554. The minimum absolute atomic E-state index is 0.0714. The molecule has 0 atom stereocenters. The summed E-state index contributed by atoms with van der Waals surface area (Å²) in [6.07, 6.45) is 2.11. The fraction of sp³-hybridized carbons (Fsp3) is 0.320. The van der Waals surface area contributed by atoms with Gasteiger partial charge in [0.05, 0.1) is 24.9 Å². The lowest BCUT2D eigenvalue weighted by Crippen LogP contribution is -2.32. The molecule has 1 aliphatic rings. The highest BCUT2D eigenvalue weighted by atomic mass is 19.1. The highest BCUT2D eigenvalue weighted by Gasteiger charge is 2.20. The molecule has 0 saturated carbocycles. The van der Waals surface area contributed by atoms with Crippen molar-refractivity contribution in [3.63, 3.8) is 0 Å². The van der Waals surface area contributed by atoms with Crippen molar-refractivity contribution in [3.8, 4) is 28.1 Å². The average molecular weight is 448 g/mol. The van der Waals surface area contributed by atoms with E-state index >= 15 is 0 Å². The monoisotopic (exact) mass is 447 g/mol. The molecule has 33 heavy (non-hydrogen) atoms. The maximum absolute atomic E-state index is 14.5. The number of nitrogens with zero attached hydrogens (tertiary/aromatic N) is 3. The first-order chi connectivity index (χ1) is 16.0. The van der Waals surface area contributed by atoms with Crippen LogP contribution in [-0.4, -0.2) is 36.3 Å². The molecule has 2 N–H and O–H groups in total. The average Bonchev–Trinajstić information content (AvgIpc) is 2.85. The predicted molar refractivity (Wildman–Crippen MR) is 127 cm³/mol. The zero-order chi connectivity index (χ0) is 23.4. The number of hydrogen-bond donors (Lipinski definition) is 2. The number of aromatic nitrogens is 2. The number of halogens is 1. The van der Waals surface area contributed by atoms with Crippen molar-refractivity contribution in [1.82, 2.24) is 14.9 Å². The SMILES string of the molecule is [C-]#[N+]c1ccc(-c2nc(NCC3CCNCC3)n(C)c(=O)c2-c2ccc(OC)cc2)cc1F. The second kappa shape index (κ2) is 9.84. The number of piperidine rings is 1. The van der Waals surface area contributed by atoms with Crippen molar-refractivity contribution < 1.29 is 9.13 Å². The maximum atomic E-state index is 14.5. The zero-order valence-electron chi connectivity index (χ0n) is 18.7. The van der Waals surface area contributed by atoms with Gasteiger partial charge in [-0.05, 0) is 55.6 Å². The van der Waals surface area contributed by atoms with Crippen molar-refractivity contribution in [2.45, 2.75) is 12.8 Å². The molecule has 0 aliphatic carbocycles. The third-order valence-corrected chi connectivity index (χ3v) is 6.02. The van der Waals surface area contributed by atoms with E-state index in [0.29, 0.717) is 46.5 Å². The molecule has 4 rings (SSSR count). The van der Waals surface area contributed by atoms with Crippen LogP contribution in [0.3, 0.4) is 0 Å². The first-order valence-electron chi connectivity index (χ1n) is 10.9. The van der Waals surface area contributed by atoms with Crippen LogP contribution >= 0.6 is 0 Å². The third kappa shape index (κ3) is 4.73. The molecule has 170 valence electrons. The molecule has 1 fully saturated rings. The van der Waals surface area contributed by atoms with E-state index in [1.807, 2.05) is 0 Å². The Hall–Kier alpha value is -3.70. The highest BCUT2D eigenvalue weighted by molar-refractivity contribution is 5.81. The van der Waals surface area contributed by atoms with Gasteiger partial charge in [-0.25, -0.2) is 14.2 Å². The summed E-state index contributed by atoms with van der Waals surface area (Å²) in [7, 11) is 3.26. The van der Waals surface area contributed by atoms with Gasteiger partial charge in [-0.15, -0.1) is 0 Å². The summed E-state index contributed by atoms with van der Waals surface area (Å²) < 4.78 is 21.2. The van der Waals surface area contributed by atoms with E-state index in [2.05, 4.69) is 15.5 Å². The van der Waals surface area contributed by atoms with Crippen LogP contribution in [-0.2, 0) is 7.05 Å². The van der Waals surface area contributed by atoms with Crippen molar-refractivity contribution in [2.75, 3.05) is 32.1 Å². The molecule has 0 spiro atoms. The van der Waals surface area contributed by atoms with Crippen LogP contribution < -0.4 is 20.9 Å². The Labute approximate surface area is 192 Å². The van der Waals surface area contributed by atoms with Gasteiger partial charge in [0, 0.05) is 19.2 Å². The Morgan fingerprint density at radius 2 is 1.91 bits per heavy atom. The second-order valence-corrected chi connectivity index (χ2v) is 8.10. The number of hydrogen-bond acceptors (Lipinski definition) is 5. The van der Waals surface area contributed by atoms with E-state index in [1.54, 1.807) is 44.5 Å². The van der Waals surface area contributed by atoms with E-state index in [-0.39, 0.29) is 11.2 Å². The van der Waals surface area contributed by atoms with Gasteiger partial charge in [0.1, 0.15) is 11.6 Å². The summed E-state index contributed by atoms with van der Waals surface area (Å²) >= 11 is 0. The second-order valence-electron chi connectivity index (χ2n) is 8.10. The molecule has 2 aromatic carbocycles. The smallest absolute Gasteiger partial charge is 0.263 e. The van der Waals surface area contributed by atoms with Crippen LogP contribution in [0.25, 0.3) is 27.2 Å². The molecule has 8 heteroatoms. The first kappa shape index (κ1) is 22.5. The third-order valence-electron chi connectivity index (χ3n) is 6.02. The lowest BCUT2D eigenvalue weighted by atomic mass is 9.98. The number of benzene rings is 2. The Morgan fingerprint density at radius 1 is 1.21 bits per heavy atom. The van der Waals surface area contributed by atoms with Gasteiger partial charge in [-0.2, -0.15) is 0 Å². The summed E-state index contributed by atoms with van der Waals surface area (Å²) in [4.78, 5) is 21.5. The summed E-state index contributed by atoms with van der Waals surface area (Å²) in [5.74, 6) is 0.941. The van der Waals surface area contributed by atoms with Crippen LogP contribution in [0.1, 0.15) is 12.8 Å². The molecule has 0 radical (unpaired) electrons. The Morgan fingerprint density at radius 3 is 2.55 bits per heavy atom. The van der Waals surface area contributed by atoms with Gasteiger partial charge in [-0.1, -0.05) is 24.3 Å². The summed E-state index contributed by atoms with van der Waals surface area (Å²) in [5, 5.41) is 6.68. The Balaban J connectivity index is 1.82. The molecule has 3 aromatic rings. The van der Waals surface area contributed by atoms with Gasteiger partial charge in [0.15, 0.2) is 0 Å². The molecule has 0 bridgehead atoms. The highest BCUT2D eigenvalue weighted by Crippen LogP contribution is 2.32. The van der Waals surface area contributed by atoms with Crippen LogP contribution in [0.5, 0.6) is 5.75 Å². The lowest BCUT2D eigenvalue weighted by molar-refractivity contribution is 0.389. The number of anilines is 1. The van der Waals surface area contributed by atoms with Crippen LogP contribution in [0.15, 0.2) is 47.3 Å². The van der Waals surface area contributed by atoms with Crippen molar-refractivity contribution >= 4 is 11.6 Å². The summed E-state index contributed by atoms with van der Waals surface area (Å²) in [6, 6.07) is 11.4. The van der Waals surface area contributed by atoms with E-state index in [0.717, 1.165) is 25.9 Å². The van der Waals surface area contributed by atoms with E-state index < -0.39 is 5.82 Å². The number of rotatable bonds is 6. The summed E-state index contributed by atoms with van der Waals surface area (Å²) in [6.45, 7) is 9.77. The van der Waals surface area contributed by atoms with E-state index in [9.17, 15) is 9.18 Å². The van der Waals surface area contributed by atoms with E-state index in [4.69, 9.17) is 16.3 Å². The minimum Gasteiger partial charge on any atom is -0.497 e. The molecule has 1 aromatic heterocycles. The lowest BCUT2D eigenvalue weighted by Gasteiger charge is -2.24. The summed E-state index contributed by atoms with van der Waals surface area (Å²) in [5.41, 5.74) is 1.51. The molecular weight excluding hydrogens is 421 g/mol. The molecule has 0 unspecified atom stereocenters. The minimum atomic E-state index is -0.644. The van der Waals surface area contributed by atoms with Crippen LogP contribution in [0, 0.1) is 18.3 Å². The van der Waals surface area contributed by atoms with Gasteiger partial charge in [-0.3, -0.25) is 9.36 Å². The van der Waals surface area contributed by atoms with Crippen molar-refractivity contribution in [1.29, 1.82) is 0 Å². The van der Waals surface area contributed by atoms with Crippen molar-refractivity contribution in [3.05, 3.63) is 70.1 Å². The number of methoxy groups -OCH3 is 1. The van der Waals surface area contributed by atoms with E-state index in [1.165, 1.54) is 16.7 Å². The zero-order valence-corrected chi connectivity index (χ0v) is 18.7. The number of ether oxygens (including phenoxy) is 1. The predicted octanol–water partition coefficient (Wildman–Crippen LogP) is 4.22. The first-order valence-corrected chi connectivity index (χ1v) is 10.9. The van der Waals surface area contributed by atoms with Crippen LogP contribution in [0.2, 0.25) is 0 Å². The number of nitrogens with one attached hydrogen (secondary N) is 2. The van der Waals surface area contributed by atoms with Gasteiger partial charge in [0.25, 0.3) is 5.56 Å². The Bertz CT molecular complexity index is 1240. The van der Waals surface area contributed by atoms with Crippen molar-refractivity contribution in [2.24, 2.45) is 13.0 Å². The molecular formula is C25H26FN5O2. The fourth-order valence-corrected chi connectivity index (χ4v) is 4.05. The van der Waals surface area contributed by atoms with Gasteiger partial charge in [0.2, 0.25) is 11.6 Å².